The molecule has 0 radical (unpaired) electrons. The third-order valence-electron chi connectivity index (χ3n) is 5.11. The van der Waals surface area contributed by atoms with Crippen LogP contribution in [0.2, 0.25) is 0 Å². The number of para-hydroxylation sites is 2. The summed E-state index contributed by atoms with van der Waals surface area (Å²) in [5.74, 6) is 3.53. The van der Waals surface area contributed by atoms with Crippen molar-refractivity contribution >= 4 is 35.6 Å². The topological polar surface area (TPSA) is 104 Å². The Hall–Kier alpha value is -2.76. The van der Waals surface area contributed by atoms with Crippen LogP contribution in [-0.2, 0) is 6.54 Å². The summed E-state index contributed by atoms with van der Waals surface area (Å²) in [6.07, 6.45) is 3.78. The maximum Gasteiger partial charge on any atom is 0.216 e. The van der Waals surface area contributed by atoms with Gasteiger partial charge >= 0.3 is 0 Å². The summed E-state index contributed by atoms with van der Waals surface area (Å²) in [4.78, 5) is 11.2. The number of halogens is 1. The molecular weight excluding hydrogens is 509 g/mol. The third kappa shape index (κ3) is 5.69. The molecule has 1 aliphatic heterocycles. The van der Waals surface area contributed by atoms with Gasteiger partial charge in [-0.3, -0.25) is 10.1 Å². The number of piperidine rings is 1. The van der Waals surface area contributed by atoms with E-state index in [1.165, 1.54) is 0 Å². The van der Waals surface area contributed by atoms with Gasteiger partial charge in [0.15, 0.2) is 11.7 Å². The van der Waals surface area contributed by atoms with Crippen molar-refractivity contribution in [2.45, 2.75) is 25.4 Å². The number of methoxy groups -OCH3 is 1. The zero-order valence-corrected chi connectivity index (χ0v) is 20.0. The van der Waals surface area contributed by atoms with Gasteiger partial charge in [0.2, 0.25) is 5.82 Å². The first-order valence-electron chi connectivity index (χ1n) is 10.1. The smallest absolute Gasteiger partial charge is 0.216 e. The fraction of sp³-hybridized carbons (Fsp3) is 0.381. The standard InChI is InChI=1S/C21H27N7O2.HI/c1-22-21(23-13-19-25-20(27-26-19)18-10-6-12-30-18)24-15-7-5-11-28(14-15)16-8-3-4-9-17(16)29-2;/h3-4,6,8-10,12,15H,5,7,11,13-14H2,1-2H3,(H2,22,23,24)(H,25,26,27);1H. The quantitative estimate of drug-likeness (QED) is 0.252. The van der Waals surface area contributed by atoms with Crippen LogP contribution in [-0.4, -0.2) is 54.4 Å². The minimum Gasteiger partial charge on any atom is -0.495 e. The molecule has 3 heterocycles. The number of aliphatic imine (C=N–C) groups is 1. The number of hydrogen-bond donors (Lipinski definition) is 3. The number of ether oxygens (including phenoxy) is 1. The largest absolute Gasteiger partial charge is 0.495 e. The molecule has 10 heteroatoms. The van der Waals surface area contributed by atoms with E-state index < -0.39 is 0 Å². The fourth-order valence-electron chi connectivity index (χ4n) is 3.65. The van der Waals surface area contributed by atoms with Gasteiger partial charge in [-0.25, -0.2) is 4.98 Å². The maximum absolute atomic E-state index is 5.53. The molecule has 1 fully saturated rings. The molecule has 3 aromatic rings. The molecule has 1 saturated heterocycles. The Morgan fingerprint density at radius 1 is 1.32 bits per heavy atom. The van der Waals surface area contributed by atoms with Crippen LogP contribution in [0.4, 0.5) is 5.69 Å². The van der Waals surface area contributed by atoms with E-state index in [0.29, 0.717) is 24.0 Å². The average molecular weight is 537 g/mol. The number of anilines is 1. The van der Waals surface area contributed by atoms with Crippen LogP contribution in [0.15, 0.2) is 52.1 Å². The Balaban J connectivity index is 0.00000272. The van der Waals surface area contributed by atoms with E-state index in [2.05, 4.69) is 41.8 Å². The summed E-state index contributed by atoms with van der Waals surface area (Å²) in [6.45, 7) is 2.38. The molecular formula is C21H28IN7O2. The zero-order chi connectivity index (χ0) is 20.8. The highest BCUT2D eigenvalue weighted by atomic mass is 127. The number of rotatable bonds is 6. The maximum atomic E-state index is 5.53. The molecule has 0 bridgehead atoms. The van der Waals surface area contributed by atoms with Gasteiger partial charge in [-0.2, -0.15) is 0 Å². The second-order valence-electron chi connectivity index (χ2n) is 7.11. The molecule has 0 saturated carbocycles. The number of hydrogen-bond acceptors (Lipinski definition) is 6. The molecule has 31 heavy (non-hydrogen) atoms. The van der Waals surface area contributed by atoms with Crippen LogP contribution in [0.25, 0.3) is 11.6 Å². The highest BCUT2D eigenvalue weighted by Crippen LogP contribution is 2.29. The monoisotopic (exact) mass is 537 g/mol. The molecule has 0 amide bonds. The first-order valence-corrected chi connectivity index (χ1v) is 10.1. The Bertz CT molecular complexity index is 974. The van der Waals surface area contributed by atoms with Gasteiger partial charge in [-0.1, -0.05) is 12.1 Å². The number of furan rings is 1. The van der Waals surface area contributed by atoms with Gasteiger partial charge in [0.1, 0.15) is 11.6 Å². The molecule has 0 aliphatic carbocycles. The Morgan fingerprint density at radius 3 is 2.97 bits per heavy atom. The lowest BCUT2D eigenvalue weighted by Crippen LogP contribution is -2.51. The lowest BCUT2D eigenvalue weighted by molar-refractivity contribution is 0.408. The van der Waals surface area contributed by atoms with Crippen molar-refractivity contribution in [1.29, 1.82) is 0 Å². The predicted molar refractivity (Wildman–Crippen MR) is 131 cm³/mol. The molecule has 1 aromatic carbocycles. The minimum atomic E-state index is 0. The van der Waals surface area contributed by atoms with Crippen LogP contribution in [0, 0.1) is 0 Å². The number of aromatic nitrogens is 3. The minimum absolute atomic E-state index is 0. The van der Waals surface area contributed by atoms with E-state index in [0.717, 1.165) is 43.3 Å². The predicted octanol–water partition coefficient (Wildman–Crippen LogP) is 3.03. The second kappa shape index (κ2) is 11.0. The van der Waals surface area contributed by atoms with Crippen molar-refractivity contribution in [2.24, 2.45) is 4.99 Å². The highest BCUT2D eigenvalue weighted by Gasteiger charge is 2.23. The van der Waals surface area contributed by atoms with Crippen LogP contribution in [0.3, 0.4) is 0 Å². The van der Waals surface area contributed by atoms with Gasteiger partial charge < -0.3 is 24.7 Å². The van der Waals surface area contributed by atoms with Crippen molar-refractivity contribution in [3.63, 3.8) is 0 Å². The summed E-state index contributed by atoms with van der Waals surface area (Å²) >= 11 is 0. The Morgan fingerprint density at radius 2 is 2.19 bits per heavy atom. The van der Waals surface area contributed by atoms with E-state index in [9.17, 15) is 0 Å². The summed E-state index contributed by atoms with van der Waals surface area (Å²) in [5.41, 5.74) is 1.13. The van der Waals surface area contributed by atoms with Gasteiger partial charge in [-0.15, -0.1) is 29.1 Å². The normalized spacial score (nSPS) is 16.5. The molecule has 9 nitrogen and oxygen atoms in total. The molecule has 1 unspecified atom stereocenters. The van der Waals surface area contributed by atoms with Crippen LogP contribution >= 0.6 is 24.0 Å². The van der Waals surface area contributed by atoms with E-state index in [1.54, 1.807) is 20.4 Å². The first kappa shape index (κ1) is 22.9. The van der Waals surface area contributed by atoms with Crippen molar-refractivity contribution in [2.75, 3.05) is 32.1 Å². The summed E-state index contributed by atoms with van der Waals surface area (Å²) < 4.78 is 10.9. The van der Waals surface area contributed by atoms with Crippen molar-refractivity contribution in [3.05, 3.63) is 48.5 Å². The summed E-state index contributed by atoms with van der Waals surface area (Å²) in [6, 6.07) is 12.1. The van der Waals surface area contributed by atoms with Crippen molar-refractivity contribution in [1.82, 2.24) is 25.8 Å². The average Bonchev–Trinajstić information content (AvgIpc) is 3.49. The summed E-state index contributed by atoms with van der Waals surface area (Å²) in [5, 5.41) is 13.9. The lowest BCUT2D eigenvalue weighted by atomic mass is 10.0. The second-order valence-corrected chi connectivity index (χ2v) is 7.11. The Labute approximate surface area is 198 Å². The molecule has 166 valence electrons. The number of aromatic amines is 1. The Kier molecular flexibility index (Phi) is 8.15. The zero-order valence-electron chi connectivity index (χ0n) is 17.7. The summed E-state index contributed by atoms with van der Waals surface area (Å²) in [7, 11) is 3.48. The van der Waals surface area contributed by atoms with Gasteiger partial charge in [0.05, 0.1) is 25.6 Å². The highest BCUT2D eigenvalue weighted by molar-refractivity contribution is 14.0. The molecule has 3 N–H and O–H groups in total. The van der Waals surface area contributed by atoms with Crippen molar-refractivity contribution in [3.8, 4) is 17.3 Å². The van der Waals surface area contributed by atoms with E-state index in [4.69, 9.17) is 9.15 Å². The number of benzene rings is 1. The SMILES string of the molecule is CN=C(NCc1nc(-c2ccco2)n[nH]1)NC1CCCN(c2ccccc2OC)C1.I. The number of H-pyrrole nitrogens is 1. The van der Waals surface area contributed by atoms with Crippen LogP contribution < -0.4 is 20.3 Å². The number of guanidine groups is 1. The molecule has 4 rings (SSSR count). The van der Waals surface area contributed by atoms with Gasteiger partial charge in [-0.05, 0) is 37.1 Å². The van der Waals surface area contributed by atoms with Crippen LogP contribution in [0.5, 0.6) is 5.75 Å². The number of nitrogens with one attached hydrogen (secondary N) is 3. The van der Waals surface area contributed by atoms with Gasteiger partial charge in [0.25, 0.3) is 0 Å². The lowest BCUT2D eigenvalue weighted by Gasteiger charge is -2.36. The van der Waals surface area contributed by atoms with E-state index in [1.807, 2.05) is 30.3 Å². The molecule has 1 aliphatic rings. The van der Waals surface area contributed by atoms with Gasteiger partial charge in [0, 0.05) is 26.2 Å². The number of nitrogens with zero attached hydrogens (tertiary/aromatic N) is 4. The van der Waals surface area contributed by atoms with Crippen molar-refractivity contribution < 1.29 is 9.15 Å². The third-order valence-corrected chi connectivity index (χ3v) is 5.11. The molecule has 1 atom stereocenters. The van der Waals surface area contributed by atoms with E-state index in [-0.39, 0.29) is 30.0 Å². The van der Waals surface area contributed by atoms with E-state index >= 15 is 0 Å². The molecule has 0 spiro atoms. The van der Waals surface area contributed by atoms with Crippen LogP contribution in [0.1, 0.15) is 18.7 Å². The first-order chi connectivity index (χ1) is 14.8. The molecule has 2 aromatic heterocycles. The fourth-order valence-corrected chi connectivity index (χ4v) is 3.65.